The van der Waals surface area contributed by atoms with Gasteiger partial charge in [0.2, 0.25) is 0 Å². The van der Waals surface area contributed by atoms with Crippen LogP contribution in [0.3, 0.4) is 0 Å². The van der Waals surface area contributed by atoms with E-state index in [1.54, 1.807) is 32.0 Å². The number of fused-ring (bicyclic) bond motifs is 1. The number of anilines is 1. The monoisotopic (exact) mass is 644 g/mol. The summed E-state index contributed by atoms with van der Waals surface area (Å²) >= 11 is 0.920. The van der Waals surface area contributed by atoms with E-state index in [0.717, 1.165) is 36.2 Å². The van der Waals surface area contributed by atoms with Gasteiger partial charge in [0.05, 0.1) is 36.7 Å². The Balaban J connectivity index is 1.68. The number of aliphatic hydroxyl groups is 1. The molecule has 12 heteroatoms. The van der Waals surface area contributed by atoms with Crippen molar-refractivity contribution in [2.24, 2.45) is 0 Å². The van der Waals surface area contributed by atoms with Gasteiger partial charge in [-0.1, -0.05) is 55.9 Å². The minimum atomic E-state index is -1.13. The van der Waals surface area contributed by atoms with Crippen molar-refractivity contribution in [3.8, 4) is 11.5 Å². The molecule has 0 radical (unpaired) electrons. The zero-order valence-electron chi connectivity index (χ0n) is 26.5. The number of benzene rings is 1. The van der Waals surface area contributed by atoms with Crippen molar-refractivity contribution in [1.82, 2.24) is 14.4 Å². The highest BCUT2D eigenvalue weighted by molar-refractivity contribution is 7.17. The van der Waals surface area contributed by atoms with Crippen molar-refractivity contribution >= 4 is 45.5 Å². The van der Waals surface area contributed by atoms with E-state index in [0.29, 0.717) is 40.7 Å². The summed E-state index contributed by atoms with van der Waals surface area (Å²) in [6.45, 7) is 11.5. The number of unbranched alkanes of at least 4 members (excludes halogenated alkanes) is 2. The molecule has 11 nitrogen and oxygen atoms in total. The first-order chi connectivity index (χ1) is 22.1. The first-order valence-electron chi connectivity index (χ1n) is 14.9. The number of amides is 1. The molecule has 3 aromatic heterocycles. The molecule has 1 aromatic carbocycles. The molecule has 1 amide bonds. The first kappa shape index (κ1) is 32.4. The molecule has 0 saturated carbocycles. The number of carbonyl (C=O) groups excluding carboxylic acids is 3. The number of thiazole rings is 1. The molecule has 1 aliphatic rings. The second-order valence-corrected chi connectivity index (χ2v) is 11.8. The Morgan fingerprint density at radius 2 is 1.91 bits per heavy atom. The van der Waals surface area contributed by atoms with Crippen molar-refractivity contribution < 1.29 is 33.7 Å². The van der Waals surface area contributed by atoms with Crippen LogP contribution in [0.25, 0.3) is 11.4 Å². The number of nitrogens with zero attached hydrogens (tertiary/aromatic N) is 4. The van der Waals surface area contributed by atoms with Crippen LogP contribution in [-0.4, -0.2) is 57.5 Å². The summed E-state index contributed by atoms with van der Waals surface area (Å²) in [6, 6.07) is 7.73. The van der Waals surface area contributed by atoms with Crippen LogP contribution in [-0.2, 0) is 14.3 Å². The Morgan fingerprint density at radius 3 is 2.61 bits per heavy atom. The standard InChI is InChI=1S/C34H36N4O7S/c1-7-9-10-17-44-23-14-13-22(18-24(23)43-6)27-25(28(39)26-21(5)37-15-11-12-19(3)31(37)36-26)29(40)32(41)38(27)34-35-20(4)30(46-34)33(42)45-16-8-2/h8,11-15,18,27,39H,2,7,9-10,16-17H2,1,3-6H3. The molecule has 1 N–H and O–H groups in total. The van der Waals surface area contributed by atoms with E-state index in [9.17, 15) is 19.5 Å². The Hall–Kier alpha value is -4.97. The number of hydrogen-bond donors (Lipinski definition) is 1. The van der Waals surface area contributed by atoms with Gasteiger partial charge < -0.3 is 23.7 Å². The van der Waals surface area contributed by atoms with Crippen LogP contribution < -0.4 is 14.4 Å². The van der Waals surface area contributed by atoms with Crippen molar-refractivity contribution in [3.63, 3.8) is 0 Å². The molecule has 1 saturated heterocycles. The van der Waals surface area contributed by atoms with Crippen LogP contribution in [0.1, 0.15) is 70.1 Å². The van der Waals surface area contributed by atoms with E-state index in [2.05, 4.69) is 23.5 Å². The number of hydrogen-bond acceptors (Lipinski definition) is 10. The minimum Gasteiger partial charge on any atom is -0.505 e. The highest BCUT2D eigenvalue weighted by Crippen LogP contribution is 2.46. The highest BCUT2D eigenvalue weighted by Gasteiger charge is 2.49. The second kappa shape index (κ2) is 13.6. The lowest BCUT2D eigenvalue weighted by molar-refractivity contribution is -0.132. The topological polar surface area (TPSA) is 133 Å². The Labute approximate surface area is 270 Å². The lowest BCUT2D eigenvalue weighted by Crippen LogP contribution is -2.29. The van der Waals surface area contributed by atoms with Crippen molar-refractivity contribution in [3.05, 3.63) is 87.8 Å². The Morgan fingerprint density at radius 1 is 1.13 bits per heavy atom. The predicted molar refractivity (Wildman–Crippen MR) is 175 cm³/mol. The molecule has 4 aromatic rings. The maximum absolute atomic E-state index is 13.8. The van der Waals surface area contributed by atoms with Gasteiger partial charge in [-0.3, -0.25) is 14.5 Å². The van der Waals surface area contributed by atoms with Crippen LogP contribution >= 0.6 is 11.3 Å². The molecule has 0 spiro atoms. The molecule has 1 atom stereocenters. The number of carbonyl (C=O) groups is 3. The van der Waals surface area contributed by atoms with Crippen LogP contribution in [0.2, 0.25) is 0 Å². The SMILES string of the molecule is C=CCOC(=O)c1sc(N2C(=O)C(=O)C(=C(O)c3nc4c(C)cccn4c3C)C2c2ccc(OCCCCC)c(OC)c2)nc1C. The fourth-order valence-corrected chi connectivity index (χ4v) is 6.39. The molecule has 0 bridgehead atoms. The zero-order chi connectivity index (χ0) is 33.1. The minimum absolute atomic E-state index is 0.000513. The smallest absolute Gasteiger partial charge is 0.350 e. The third-order valence-electron chi connectivity index (χ3n) is 7.77. The molecule has 1 aliphatic heterocycles. The Kier molecular flexibility index (Phi) is 9.57. The van der Waals surface area contributed by atoms with Gasteiger partial charge in [-0.25, -0.2) is 14.8 Å². The summed E-state index contributed by atoms with van der Waals surface area (Å²) in [5.41, 5.74) is 2.86. The number of Topliss-reactive ketones (excluding diaryl/α,β-unsaturated/α-hetero) is 1. The van der Waals surface area contributed by atoms with Gasteiger partial charge in [0, 0.05) is 6.20 Å². The van der Waals surface area contributed by atoms with Crippen LogP contribution in [0, 0.1) is 20.8 Å². The largest absolute Gasteiger partial charge is 0.505 e. The maximum atomic E-state index is 13.8. The number of ketones is 1. The van der Waals surface area contributed by atoms with Gasteiger partial charge in [-0.2, -0.15) is 0 Å². The van der Waals surface area contributed by atoms with Crippen LogP contribution in [0.5, 0.6) is 11.5 Å². The number of pyridine rings is 1. The molecule has 1 fully saturated rings. The van der Waals surface area contributed by atoms with E-state index < -0.39 is 29.5 Å². The normalized spacial score (nSPS) is 15.8. The van der Waals surface area contributed by atoms with E-state index in [4.69, 9.17) is 14.2 Å². The number of methoxy groups -OCH3 is 1. The Bertz CT molecular complexity index is 1870. The summed E-state index contributed by atoms with van der Waals surface area (Å²) in [5, 5.41) is 11.9. The summed E-state index contributed by atoms with van der Waals surface area (Å²) < 4.78 is 18.6. The van der Waals surface area contributed by atoms with E-state index in [-0.39, 0.29) is 27.9 Å². The van der Waals surface area contributed by atoms with Crippen LogP contribution in [0.15, 0.2) is 54.8 Å². The van der Waals surface area contributed by atoms with Gasteiger partial charge in [-0.15, -0.1) is 0 Å². The fraction of sp³-hybridized carbons (Fsp3) is 0.324. The molecular formula is C34H36N4O7S. The van der Waals surface area contributed by atoms with Gasteiger partial charge in [-0.05, 0) is 56.5 Å². The van der Waals surface area contributed by atoms with E-state index in [1.165, 1.54) is 18.1 Å². The average molecular weight is 645 g/mol. The molecule has 46 heavy (non-hydrogen) atoms. The third-order valence-corrected chi connectivity index (χ3v) is 8.91. The van der Waals surface area contributed by atoms with E-state index in [1.807, 2.05) is 29.7 Å². The quantitative estimate of drug-likeness (QED) is 0.0474. The van der Waals surface area contributed by atoms with Gasteiger partial charge in [0.25, 0.3) is 5.78 Å². The number of rotatable bonds is 12. The molecule has 4 heterocycles. The molecular weight excluding hydrogens is 608 g/mol. The number of aromatic nitrogens is 3. The molecule has 1 unspecified atom stereocenters. The maximum Gasteiger partial charge on any atom is 0.350 e. The highest BCUT2D eigenvalue weighted by atomic mass is 32.1. The summed E-state index contributed by atoms with van der Waals surface area (Å²) in [7, 11) is 1.50. The van der Waals surface area contributed by atoms with Crippen molar-refractivity contribution in [2.45, 2.75) is 53.0 Å². The predicted octanol–water partition coefficient (Wildman–Crippen LogP) is 6.26. The second-order valence-electron chi connectivity index (χ2n) is 10.9. The number of ether oxygens (including phenoxy) is 3. The molecule has 240 valence electrons. The van der Waals surface area contributed by atoms with E-state index >= 15 is 0 Å². The summed E-state index contributed by atoms with van der Waals surface area (Å²) in [4.78, 5) is 50.9. The number of aliphatic hydroxyl groups excluding tert-OH is 1. The van der Waals surface area contributed by atoms with Crippen molar-refractivity contribution in [1.29, 1.82) is 0 Å². The summed E-state index contributed by atoms with van der Waals surface area (Å²) in [6.07, 6.45) is 6.20. The molecule has 0 aliphatic carbocycles. The van der Waals surface area contributed by atoms with Crippen LogP contribution in [0.4, 0.5) is 5.13 Å². The first-order valence-corrected chi connectivity index (χ1v) is 15.8. The molecule has 5 rings (SSSR count). The average Bonchev–Trinajstić information content (AvgIpc) is 3.69. The number of aryl methyl sites for hydroxylation is 3. The summed E-state index contributed by atoms with van der Waals surface area (Å²) in [5.74, 6) is -1.99. The third kappa shape index (κ3) is 5.87. The van der Waals surface area contributed by atoms with Crippen molar-refractivity contribution in [2.75, 3.05) is 25.2 Å². The van der Waals surface area contributed by atoms with Gasteiger partial charge in [0.1, 0.15) is 22.8 Å². The number of esters is 1. The van der Waals surface area contributed by atoms with Gasteiger partial charge >= 0.3 is 11.9 Å². The lowest BCUT2D eigenvalue weighted by atomic mass is 9.96. The zero-order valence-corrected chi connectivity index (χ0v) is 27.3. The lowest BCUT2D eigenvalue weighted by Gasteiger charge is -2.24. The fourth-order valence-electron chi connectivity index (χ4n) is 5.40. The van der Waals surface area contributed by atoms with Gasteiger partial charge in [0.15, 0.2) is 22.4 Å². The number of imidazole rings is 1.